The zero-order chi connectivity index (χ0) is 9.97. The first-order chi connectivity index (χ1) is 6.81. The summed E-state index contributed by atoms with van der Waals surface area (Å²) in [6.45, 7) is 1.21. The Morgan fingerprint density at radius 3 is 2.71 bits per heavy atom. The van der Waals surface area contributed by atoms with Crippen LogP contribution in [-0.4, -0.2) is 13.2 Å². The van der Waals surface area contributed by atoms with Crippen LogP contribution in [-0.2, 0) is 9.47 Å². The Labute approximate surface area is 90.4 Å². The van der Waals surface area contributed by atoms with Crippen LogP contribution >= 0.6 is 15.9 Å². The average molecular weight is 254 g/mol. The van der Waals surface area contributed by atoms with Crippen LogP contribution < -0.4 is 0 Å². The van der Waals surface area contributed by atoms with Crippen molar-refractivity contribution in [2.45, 2.75) is 6.29 Å². The van der Waals surface area contributed by atoms with Crippen molar-refractivity contribution in [2.75, 3.05) is 13.2 Å². The Kier molecular flexibility index (Phi) is 2.82. The van der Waals surface area contributed by atoms with Crippen LogP contribution in [0.1, 0.15) is 17.4 Å². The molecule has 0 aliphatic carbocycles. The molecule has 72 valence electrons. The number of halogens is 1. The summed E-state index contributed by atoms with van der Waals surface area (Å²) in [6, 6.07) is 7.45. The minimum Gasteiger partial charge on any atom is -0.346 e. The summed E-state index contributed by atoms with van der Waals surface area (Å²) in [4.78, 5) is 0. The Morgan fingerprint density at radius 2 is 2.07 bits per heavy atom. The lowest BCUT2D eigenvalue weighted by Crippen LogP contribution is -1.99. The van der Waals surface area contributed by atoms with Gasteiger partial charge in [-0.3, -0.25) is 0 Å². The maximum Gasteiger partial charge on any atom is 0.185 e. The second-order valence-corrected chi connectivity index (χ2v) is 3.78. The van der Waals surface area contributed by atoms with Gasteiger partial charge in [0.15, 0.2) is 6.29 Å². The van der Waals surface area contributed by atoms with Crippen LogP contribution in [0.3, 0.4) is 0 Å². The van der Waals surface area contributed by atoms with E-state index < -0.39 is 0 Å². The standard InChI is InChI=1S/C10H8BrNO2/c11-9-2-1-7(6-12)5-8(9)10-13-3-4-14-10/h1-2,5,10H,3-4H2. The molecule has 2 rings (SSSR count). The number of hydrogen-bond acceptors (Lipinski definition) is 3. The van der Waals surface area contributed by atoms with Gasteiger partial charge >= 0.3 is 0 Å². The van der Waals surface area contributed by atoms with Gasteiger partial charge in [0.2, 0.25) is 0 Å². The van der Waals surface area contributed by atoms with Gasteiger partial charge in [-0.25, -0.2) is 0 Å². The van der Waals surface area contributed by atoms with E-state index in [0.29, 0.717) is 18.8 Å². The number of nitrogens with zero attached hydrogens (tertiary/aromatic N) is 1. The molecule has 14 heavy (non-hydrogen) atoms. The maximum atomic E-state index is 8.75. The normalized spacial score (nSPS) is 16.9. The van der Waals surface area contributed by atoms with E-state index in [1.807, 2.05) is 6.07 Å². The highest BCUT2D eigenvalue weighted by atomic mass is 79.9. The molecule has 0 radical (unpaired) electrons. The zero-order valence-electron chi connectivity index (χ0n) is 7.37. The van der Waals surface area contributed by atoms with Crippen molar-refractivity contribution in [3.8, 4) is 6.07 Å². The quantitative estimate of drug-likeness (QED) is 0.772. The fourth-order valence-corrected chi connectivity index (χ4v) is 1.77. The Bertz CT molecular complexity index is 380. The minimum atomic E-state index is -0.335. The summed E-state index contributed by atoms with van der Waals surface area (Å²) in [5.41, 5.74) is 1.49. The predicted octanol–water partition coefficient (Wildman–Crippen LogP) is 2.37. The molecule has 0 atom stereocenters. The van der Waals surface area contributed by atoms with Gasteiger partial charge in [0, 0.05) is 10.0 Å². The molecule has 0 aromatic heterocycles. The van der Waals surface area contributed by atoms with Crippen LogP contribution in [0, 0.1) is 11.3 Å². The van der Waals surface area contributed by atoms with E-state index in [4.69, 9.17) is 14.7 Å². The largest absolute Gasteiger partial charge is 0.346 e. The third-order valence-electron chi connectivity index (χ3n) is 2.00. The summed E-state index contributed by atoms with van der Waals surface area (Å²) in [5, 5.41) is 8.75. The second-order valence-electron chi connectivity index (χ2n) is 2.92. The lowest BCUT2D eigenvalue weighted by Gasteiger charge is -2.11. The highest BCUT2D eigenvalue weighted by Gasteiger charge is 2.20. The van der Waals surface area contributed by atoms with Crippen molar-refractivity contribution in [1.82, 2.24) is 0 Å². The third kappa shape index (κ3) is 1.80. The molecular weight excluding hydrogens is 246 g/mol. The van der Waals surface area contributed by atoms with Crippen molar-refractivity contribution in [2.24, 2.45) is 0 Å². The molecule has 0 bridgehead atoms. The molecule has 1 fully saturated rings. The molecule has 1 aromatic carbocycles. The summed E-state index contributed by atoms with van der Waals surface area (Å²) < 4.78 is 11.6. The van der Waals surface area contributed by atoms with E-state index in [2.05, 4.69) is 22.0 Å². The molecule has 1 heterocycles. The molecule has 0 saturated carbocycles. The number of benzene rings is 1. The van der Waals surface area contributed by atoms with E-state index in [1.165, 1.54) is 0 Å². The number of nitriles is 1. The van der Waals surface area contributed by atoms with Gasteiger partial charge < -0.3 is 9.47 Å². The Morgan fingerprint density at radius 1 is 1.36 bits per heavy atom. The molecule has 1 aromatic rings. The Balaban J connectivity index is 2.35. The van der Waals surface area contributed by atoms with Crippen molar-refractivity contribution < 1.29 is 9.47 Å². The average Bonchev–Trinajstić information content (AvgIpc) is 2.71. The van der Waals surface area contributed by atoms with Gasteiger partial charge in [0.05, 0.1) is 24.8 Å². The van der Waals surface area contributed by atoms with Crippen molar-refractivity contribution in [3.05, 3.63) is 33.8 Å². The fourth-order valence-electron chi connectivity index (χ4n) is 1.33. The molecular formula is C10H8BrNO2. The summed E-state index contributed by atoms with van der Waals surface area (Å²) in [6.07, 6.45) is -0.335. The molecule has 3 nitrogen and oxygen atoms in total. The van der Waals surface area contributed by atoms with Crippen LogP contribution in [0.2, 0.25) is 0 Å². The maximum absolute atomic E-state index is 8.75. The SMILES string of the molecule is N#Cc1ccc(Br)c(C2OCCO2)c1. The second kappa shape index (κ2) is 4.09. The monoisotopic (exact) mass is 253 g/mol. The van der Waals surface area contributed by atoms with Gasteiger partial charge in [-0.15, -0.1) is 0 Å². The first-order valence-corrected chi connectivity index (χ1v) is 5.03. The van der Waals surface area contributed by atoms with Gasteiger partial charge in [-0.1, -0.05) is 15.9 Å². The van der Waals surface area contributed by atoms with Crippen LogP contribution in [0.25, 0.3) is 0 Å². The van der Waals surface area contributed by atoms with Crippen LogP contribution in [0.15, 0.2) is 22.7 Å². The lowest BCUT2D eigenvalue weighted by atomic mass is 10.1. The highest BCUT2D eigenvalue weighted by Crippen LogP contribution is 2.30. The fraction of sp³-hybridized carbons (Fsp3) is 0.300. The smallest absolute Gasteiger partial charge is 0.185 e. The van der Waals surface area contributed by atoms with E-state index in [1.54, 1.807) is 12.1 Å². The molecule has 0 amide bonds. The summed E-state index contributed by atoms with van der Waals surface area (Å²) >= 11 is 3.40. The van der Waals surface area contributed by atoms with Crippen molar-refractivity contribution in [3.63, 3.8) is 0 Å². The molecule has 0 unspecified atom stereocenters. The van der Waals surface area contributed by atoms with E-state index >= 15 is 0 Å². The predicted molar refractivity (Wildman–Crippen MR) is 53.5 cm³/mol. The van der Waals surface area contributed by atoms with E-state index in [0.717, 1.165) is 10.0 Å². The lowest BCUT2D eigenvalue weighted by molar-refractivity contribution is -0.0446. The van der Waals surface area contributed by atoms with Gasteiger partial charge in [0.25, 0.3) is 0 Å². The van der Waals surface area contributed by atoms with Crippen molar-refractivity contribution >= 4 is 15.9 Å². The highest BCUT2D eigenvalue weighted by molar-refractivity contribution is 9.10. The molecule has 1 aliphatic heterocycles. The van der Waals surface area contributed by atoms with Gasteiger partial charge in [-0.2, -0.15) is 5.26 Å². The topological polar surface area (TPSA) is 42.2 Å². The number of ether oxygens (including phenoxy) is 2. The molecule has 1 saturated heterocycles. The van der Waals surface area contributed by atoms with Crippen LogP contribution in [0.5, 0.6) is 0 Å². The molecule has 4 heteroatoms. The number of rotatable bonds is 1. The molecule has 1 aliphatic rings. The van der Waals surface area contributed by atoms with Crippen LogP contribution in [0.4, 0.5) is 0 Å². The summed E-state index contributed by atoms with van der Waals surface area (Å²) in [7, 11) is 0. The Hall–Kier alpha value is -0.890. The minimum absolute atomic E-state index is 0.335. The summed E-state index contributed by atoms with van der Waals surface area (Å²) in [5.74, 6) is 0. The van der Waals surface area contributed by atoms with E-state index in [9.17, 15) is 0 Å². The van der Waals surface area contributed by atoms with Gasteiger partial charge in [0.1, 0.15) is 0 Å². The third-order valence-corrected chi connectivity index (χ3v) is 2.72. The van der Waals surface area contributed by atoms with Gasteiger partial charge in [-0.05, 0) is 18.2 Å². The zero-order valence-corrected chi connectivity index (χ0v) is 8.95. The van der Waals surface area contributed by atoms with E-state index in [-0.39, 0.29) is 6.29 Å². The van der Waals surface area contributed by atoms with Crippen molar-refractivity contribution in [1.29, 1.82) is 5.26 Å². The first kappa shape index (κ1) is 9.66. The first-order valence-electron chi connectivity index (χ1n) is 4.24. The molecule has 0 spiro atoms. The number of hydrogen-bond donors (Lipinski definition) is 0. The molecule has 0 N–H and O–H groups in total.